The minimum Gasteiger partial charge on any atom is -0.496 e. The summed E-state index contributed by atoms with van der Waals surface area (Å²) in [6.07, 6.45) is 4.69. The molecule has 1 aliphatic carbocycles. The van der Waals surface area contributed by atoms with Crippen LogP contribution in [0.1, 0.15) is 60.8 Å². The Morgan fingerprint density at radius 3 is 2.69 bits per heavy atom. The second kappa shape index (κ2) is 8.70. The SMILES string of the molecule is CCC(C)(C)C1CC(=Cc2cc(Br)ccc2OC)c2nc3ccccc3c(C(=O)O)c2C1. The molecule has 1 heterocycles. The van der Waals surface area contributed by atoms with Crippen molar-refractivity contribution in [3.63, 3.8) is 0 Å². The van der Waals surface area contributed by atoms with Gasteiger partial charge in [0, 0.05) is 15.4 Å². The van der Waals surface area contributed by atoms with Gasteiger partial charge in [0.25, 0.3) is 0 Å². The Bertz CT molecular complexity index is 1230. The predicted octanol–water partition coefficient (Wildman–Crippen LogP) is 7.24. The van der Waals surface area contributed by atoms with E-state index in [1.54, 1.807) is 7.11 Å². The highest BCUT2D eigenvalue weighted by Gasteiger charge is 2.36. The molecule has 0 saturated heterocycles. The second-order valence-electron chi connectivity index (χ2n) is 9.14. The van der Waals surface area contributed by atoms with E-state index in [2.05, 4.69) is 42.8 Å². The van der Waals surface area contributed by atoms with Gasteiger partial charge in [0.1, 0.15) is 5.75 Å². The van der Waals surface area contributed by atoms with E-state index in [0.717, 1.165) is 45.5 Å². The Morgan fingerprint density at radius 2 is 2.00 bits per heavy atom. The lowest BCUT2D eigenvalue weighted by Gasteiger charge is -2.38. The van der Waals surface area contributed by atoms with Crippen LogP contribution in [0.15, 0.2) is 46.9 Å². The van der Waals surface area contributed by atoms with Crippen LogP contribution in [0.3, 0.4) is 0 Å². The van der Waals surface area contributed by atoms with Crippen LogP contribution >= 0.6 is 15.9 Å². The van der Waals surface area contributed by atoms with Crippen molar-refractivity contribution in [1.29, 1.82) is 0 Å². The van der Waals surface area contributed by atoms with Crippen LogP contribution in [0, 0.1) is 11.3 Å². The van der Waals surface area contributed by atoms with E-state index < -0.39 is 5.97 Å². The van der Waals surface area contributed by atoms with Crippen molar-refractivity contribution in [2.75, 3.05) is 7.11 Å². The fourth-order valence-corrected chi connectivity index (χ4v) is 4.99. The van der Waals surface area contributed by atoms with Crippen molar-refractivity contribution >= 4 is 44.5 Å². The van der Waals surface area contributed by atoms with Crippen molar-refractivity contribution < 1.29 is 14.6 Å². The number of benzene rings is 2. The van der Waals surface area contributed by atoms with Crippen molar-refractivity contribution in [2.45, 2.75) is 40.0 Å². The number of fused-ring (bicyclic) bond motifs is 2. The number of methoxy groups -OCH3 is 1. The van der Waals surface area contributed by atoms with E-state index in [0.29, 0.717) is 28.8 Å². The number of rotatable bonds is 5. The van der Waals surface area contributed by atoms with Crippen molar-refractivity contribution in [3.05, 3.63) is 69.3 Å². The predicted molar refractivity (Wildman–Crippen MR) is 133 cm³/mol. The third-order valence-electron chi connectivity index (χ3n) is 6.97. The number of pyridine rings is 1. The average molecular weight is 494 g/mol. The molecule has 0 amide bonds. The van der Waals surface area contributed by atoms with E-state index in [1.165, 1.54) is 0 Å². The summed E-state index contributed by atoms with van der Waals surface area (Å²) in [5.74, 6) is 0.193. The van der Waals surface area contributed by atoms with E-state index in [4.69, 9.17) is 9.72 Å². The number of halogens is 1. The van der Waals surface area contributed by atoms with Gasteiger partial charge in [0.05, 0.1) is 23.9 Å². The first kappa shape index (κ1) is 22.5. The summed E-state index contributed by atoms with van der Waals surface area (Å²) in [4.78, 5) is 17.4. The molecule has 166 valence electrons. The molecule has 4 rings (SSSR count). The van der Waals surface area contributed by atoms with Crippen LogP contribution in [0.5, 0.6) is 5.75 Å². The molecular weight excluding hydrogens is 466 g/mol. The van der Waals surface area contributed by atoms with Gasteiger partial charge >= 0.3 is 5.97 Å². The third kappa shape index (κ3) is 4.06. The molecule has 1 atom stereocenters. The normalized spacial score (nSPS) is 17.4. The topological polar surface area (TPSA) is 59.4 Å². The zero-order valence-electron chi connectivity index (χ0n) is 18.9. The molecule has 0 bridgehead atoms. The summed E-state index contributed by atoms with van der Waals surface area (Å²) in [6, 6.07) is 13.4. The molecule has 0 radical (unpaired) electrons. The monoisotopic (exact) mass is 493 g/mol. The molecule has 4 nitrogen and oxygen atoms in total. The van der Waals surface area contributed by atoms with Crippen LogP contribution in [-0.4, -0.2) is 23.2 Å². The second-order valence-corrected chi connectivity index (χ2v) is 10.1. The molecule has 3 aromatic rings. The van der Waals surface area contributed by atoms with Crippen LogP contribution in [0.2, 0.25) is 0 Å². The number of aromatic carboxylic acids is 1. The van der Waals surface area contributed by atoms with Crippen molar-refractivity contribution in [3.8, 4) is 5.75 Å². The smallest absolute Gasteiger partial charge is 0.336 e. The third-order valence-corrected chi connectivity index (χ3v) is 7.46. The first-order valence-corrected chi connectivity index (χ1v) is 11.7. The fourth-order valence-electron chi connectivity index (χ4n) is 4.62. The number of carboxylic acids is 1. The van der Waals surface area contributed by atoms with E-state index in [9.17, 15) is 9.90 Å². The summed E-state index contributed by atoms with van der Waals surface area (Å²) in [6.45, 7) is 6.75. The summed E-state index contributed by atoms with van der Waals surface area (Å²) in [5, 5.41) is 10.9. The van der Waals surface area contributed by atoms with Crippen LogP contribution in [-0.2, 0) is 6.42 Å². The highest BCUT2D eigenvalue weighted by Crippen LogP contribution is 2.46. The molecule has 0 fully saturated rings. The zero-order valence-corrected chi connectivity index (χ0v) is 20.5. The number of aromatic nitrogens is 1. The van der Waals surface area contributed by atoms with Gasteiger partial charge in [-0.15, -0.1) is 0 Å². The number of nitrogens with zero attached hydrogens (tertiary/aromatic N) is 1. The molecular formula is C27H28BrNO3. The number of para-hydroxylation sites is 1. The summed E-state index contributed by atoms with van der Waals surface area (Å²) in [5.41, 5.74) is 4.81. The Balaban J connectivity index is 2.02. The van der Waals surface area contributed by atoms with Crippen LogP contribution < -0.4 is 4.74 Å². The lowest BCUT2D eigenvalue weighted by molar-refractivity contribution is 0.0696. The summed E-state index contributed by atoms with van der Waals surface area (Å²) >= 11 is 3.56. The maximum absolute atomic E-state index is 12.4. The maximum atomic E-state index is 12.4. The van der Waals surface area contributed by atoms with E-state index >= 15 is 0 Å². The van der Waals surface area contributed by atoms with Gasteiger partial charge in [-0.3, -0.25) is 0 Å². The van der Waals surface area contributed by atoms with Gasteiger partial charge in [-0.05, 0) is 65.7 Å². The van der Waals surface area contributed by atoms with Crippen molar-refractivity contribution in [2.24, 2.45) is 11.3 Å². The van der Waals surface area contributed by atoms with Gasteiger partial charge in [-0.2, -0.15) is 0 Å². The number of carbonyl (C=O) groups is 1. The number of hydrogen-bond acceptors (Lipinski definition) is 3. The van der Waals surface area contributed by atoms with Crippen molar-refractivity contribution in [1.82, 2.24) is 4.98 Å². The molecule has 32 heavy (non-hydrogen) atoms. The van der Waals surface area contributed by atoms with Gasteiger partial charge in [0.2, 0.25) is 0 Å². The molecule has 5 heteroatoms. The molecule has 1 aliphatic rings. The quantitative estimate of drug-likeness (QED) is 0.406. The van der Waals surface area contributed by atoms with Crippen LogP contribution in [0.25, 0.3) is 22.6 Å². The molecule has 2 aromatic carbocycles. The average Bonchev–Trinajstić information content (AvgIpc) is 2.77. The number of hydrogen-bond donors (Lipinski definition) is 1. The maximum Gasteiger partial charge on any atom is 0.336 e. The number of allylic oxidation sites excluding steroid dienone is 1. The molecule has 1 unspecified atom stereocenters. The zero-order chi connectivity index (χ0) is 23.0. The summed E-state index contributed by atoms with van der Waals surface area (Å²) in [7, 11) is 1.66. The Labute approximate surface area is 197 Å². The minimum atomic E-state index is -0.894. The molecule has 1 N–H and O–H groups in total. The molecule has 0 spiro atoms. The van der Waals surface area contributed by atoms with Gasteiger partial charge < -0.3 is 9.84 Å². The first-order chi connectivity index (χ1) is 15.2. The Kier molecular flexibility index (Phi) is 6.13. The van der Waals surface area contributed by atoms with E-state index in [-0.39, 0.29) is 5.41 Å². The highest BCUT2D eigenvalue weighted by atomic mass is 79.9. The van der Waals surface area contributed by atoms with Gasteiger partial charge in [0.15, 0.2) is 0 Å². The molecule has 1 aromatic heterocycles. The lowest BCUT2D eigenvalue weighted by Crippen LogP contribution is -2.30. The molecule has 0 aliphatic heterocycles. The summed E-state index contributed by atoms with van der Waals surface area (Å²) < 4.78 is 6.56. The highest BCUT2D eigenvalue weighted by molar-refractivity contribution is 9.10. The Hall–Kier alpha value is -2.66. The molecule has 0 saturated carbocycles. The van der Waals surface area contributed by atoms with Gasteiger partial charge in [-0.25, -0.2) is 9.78 Å². The minimum absolute atomic E-state index is 0.0690. The fraction of sp³-hybridized carbons (Fsp3) is 0.333. The standard InChI is InChI=1S/C27H28BrNO3/c1-5-27(2,3)18-13-17(12-16-14-19(28)10-11-23(16)32-4)25-21(15-18)24(26(30)31)20-8-6-7-9-22(20)29-25/h6-12,14,18H,5,13,15H2,1-4H3,(H,30,31). The largest absolute Gasteiger partial charge is 0.496 e. The van der Waals surface area contributed by atoms with Gasteiger partial charge in [-0.1, -0.05) is 61.3 Å². The van der Waals surface area contributed by atoms with Crippen LogP contribution in [0.4, 0.5) is 0 Å². The number of ether oxygens (including phenoxy) is 1. The van der Waals surface area contributed by atoms with E-state index in [1.807, 2.05) is 42.5 Å². The Morgan fingerprint density at radius 1 is 1.25 bits per heavy atom. The number of carboxylic acid groups (broad SMARTS) is 1. The first-order valence-electron chi connectivity index (χ1n) is 10.9. The lowest BCUT2D eigenvalue weighted by atomic mass is 9.67.